The molecule has 18 heavy (non-hydrogen) atoms. The van der Waals surface area contributed by atoms with E-state index in [4.69, 9.17) is 0 Å². The van der Waals surface area contributed by atoms with Crippen LogP contribution in [0.2, 0.25) is 0 Å². The van der Waals surface area contributed by atoms with Crippen LogP contribution >= 0.6 is 0 Å². The number of imidazole rings is 1. The highest BCUT2D eigenvalue weighted by atomic mass is 32.2. The van der Waals surface area contributed by atoms with Crippen molar-refractivity contribution in [2.24, 2.45) is 0 Å². The Kier molecular flexibility index (Phi) is 2.38. The maximum absolute atomic E-state index is 12.0. The molecule has 0 radical (unpaired) electrons. The lowest BCUT2D eigenvalue weighted by Gasteiger charge is -2.11. The maximum Gasteiger partial charge on any atom is 0.326 e. The molecule has 1 aliphatic rings. The van der Waals surface area contributed by atoms with E-state index in [2.05, 4.69) is 4.98 Å². The quantitative estimate of drug-likeness (QED) is 0.837. The highest BCUT2D eigenvalue weighted by Gasteiger charge is 2.31. The van der Waals surface area contributed by atoms with Crippen molar-refractivity contribution < 1.29 is 8.42 Å². The highest BCUT2D eigenvalue weighted by molar-refractivity contribution is 7.91. The Morgan fingerprint density at radius 2 is 2.17 bits per heavy atom. The predicted octanol–water partition coefficient (Wildman–Crippen LogP) is 0.998. The largest absolute Gasteiger partial charge is 0.326 e. The summed E-state index contributed by atoms with van der Waals surface area (Å²) >= 11 is 0. The Morgan fingerprint density at radius 1 is 1.39 bits per heavy atom. The predicted molar refractivity (Wildman–Crippen MR) is 69.6 cm³/mol. The van der Waals surface area contributed by atoms with Gasteiger partial charge in [0.1, 0.15) is 0 Å². The van der Waals surface area contributed by atoms with Gasteiger partial charge in [0.25, 0.3) is 0 Å². The van der Waals surface area contributed by atoms with E-state index in [9.17, 15) is 13.2 Å². The summed E-state index contributed by atoms with van der Waals surface area (Å²) in [7, 11) is -2.99. The first-order valence-electron chi connectivity index (χ1n) is 5.88. The van der Waals surface area contributed by atoms with E-state index in [0.29, 0.717) is 6.42 Å². The highest BCUT2D eigenvalue weighted by Crippen LogP contribution is 2.26. The van der Waals surface area contributed by atoms with Gasteiger partial charge >= 0.3 is 5.69 Å². The Morgan fingerprint density at radius 3 is 2.83 bits per heavy atom. The number of fused-ring (bicyclic) bond motifs is 1. The number of nitrogens with one attached hydrogen (secondary N) is 1. The molecule has 0 spiro atoms. The first-order valence-corrected chi connectivity index (χ1v) is 7.70. The summed E-state index contributed by atoms with van der Waals surface area (Å²) in [6.07, 6.45) is 0.517. The van der Waals surface area contributed by atoms with Gasteiger partial charge in [0.15, 0.2) is 9.84 Å². The minimum atomic E-state index is -2.99. The molecule has 1 N–H and O–H groups in total. The number of benzene rings is 1. The van der Waals surface area contributed by atoms with Crippen LogP contribution in [-0.4, -0.2) is 29.5 Å². The van der Waals surface area contributed by atoms with Crippen molar-refractivity contribution in [3.05, 3.63) is 34.2 Å². The lowest BCUT2D eigenvalue weighted by Crippen LogP contribution is -2.23. The molecule has 1 aromatic carbocycles. The van der Waals surface area contributed by atoms with E-state index in [1.807, 2.05) is 25.1 Å². The number of H-pyrrole nitrogens is 1. The molecule has 2 heterocycles. The molecule has 96 valence electrons. The number of para-hydroxylation sites is 1. The molecule has 1 fully saturated rings. The monoisotopic (exact) mass is 266 g/mol. The van der Waals surface area contributed by atoms with Crippen molar-refractivity contribution in [1.82, 2.24) is 9.55 Å². The molecule has 0 aliphatic carbocycles. The first-order chi connectivity index (χ1) is 8.48. The number of rotatable bonds is 1. The summed E-state index contributed by atoms with van der Waals surface area (Å²) in [4.78, 5) is 14.8. The molecule has 2 aromatic rings. The van der Waals surface area contributed by atoms with Crippen LogP contribution in [-0.2, 0) is 9.84 Å². The molecule has 0 saturated carbocycles. The van der Waals surface area contributed by atoms with Crippen LogP contribution in [0.1, 0.15) is 18.0 Å². The third-order valence-corrected chi connectivity index (χ3v) is 5.26. The normalized spacial score (nSPS) is 22.6. The zero-order valence-electron chi connectivity index (χ0n) is 10.0. The summed E-state index contributed by atoms with van der Waals surface area (Å²) < 4.78 is 24.7. The van der Waals surface area contributed by atoms with Crippen molar-refractivity contribution in [1.29, 1.82) is 0 Å². The number of aryl methyl sites for hydroxylation is 1. The smallest absolute Gasteiger partial charge is 0.306 e. The van der Waals surface area contributed by atoms with Gasteiger partial charge in [-0.3, -0.25) is 4.57 Å². The topological polar surface area (TPSA) is 71.9 Å². The van der Waals surface area contributed by atoms with E-state index in [0.717, 1.165) is 16.6 Å². The Hall–Kier alpha value is -1.56. The molecule has 3 rings (SSSR count). The van der Waals surface area contributed by atoms with Gasteiger partial charge in [0.05, 0.1) is 28.6 Å². The summed E-state index contributed by atoms with van der Waals surface area (Å²) in [6, 6.07) is 5.40. The van der Waals surface area contributed by atoms with Crippen molar-refractivity contribution in [2.75, 3.05) is 11.5 Å². The summed E-state index contributed by atoms with van der Waals surface area (Å²) in [5.41, 5.74) is 2.35. The molecule has 1 saturated heterocycles. The van der Waals surface area contributed by atoms with Crippen LogP contribution in [0.15, 0.2) is 23.0 Å². The minimum absolute atomic E-state index is 0.0637. The lowest BCUT2D eigenvalue weighted by molar-refractivity contribution is 0.553. The second-order valence-corrected chi connectivity index (χ2v) is 7.06. The molecule has 0 bridgehead atoms. The van der Waals surface area contributed by atoms with Crippen molar-refractivity contribution in [3.8, 4) is 0 Å². The van der Waals surface area contributed by atoms with Gasteiger partial charge < -0.3 is 4.98 Å². The summed E-state index contributed by atoms with van der Waals surface area (Å²) in [6.45, 7) is 1.93. The number of aromatic nitrogens is 2. The molecule has 1 aromatic heterocycles. The Bertz CT molecular complexity index is 770. The average molecular weight is 266 g/mol. The molecule has 1 atom stereocenters. The Balaban J connectivity index is 2.24. The second kappa shape index (κ2) is 3.71. The molecule has 0 amide bonds. The van der Waals surface area contributed by atoms with Crippen molar-refractivity contribution >= 4 is 20.9 Å². The van der Waals surface area contributed by atoms with Crippen LogP contribution < -0.4 is 5.69 Å². The van der Waals surface area contributed by atoms with E-state index in [-0.39, 0.29) is 23.2 Å². The molecular weight excluding hydrogens is 252 g/mol. The van der Waals surface area contributed by atoms with Gasteiger partial charge in [-0.2, -0.15) is 0 Å². The maximum atomic E-state index is 12.0. The molecular formula is C12H14N2O3S. The van der Waals surface area contributed by atoms with E-state index >= 15 is 0 Å². The Labute approximate surface area is 104 Å². The van der Waals surface area contributed by atoms with Crippen LogP contribution in [0.4, 0.5) is 0 Å². The van der Waals surface area contributed by atoms with Crippen molar-refractivity contribution in [3.63, 3.8) is 0 Å². The average Bonchev–Trinajstić information content (AvgIpc) is 2.79. The summed E-state index contributed by atoms with van der Waals surface area (Å²) in [5, 5.41) is 0. The van der Waals surface area contributed by atoms with Gasteiger partial charge in [0.2, 0.25) is 0 Å². The second-order valence-electron chi connectivity index (χ2n) is 4.83. The van der Waals surface area contributed by atoms with Gasteiger partial charge in [-0.15, -0.1) is 0 Å². The van der Waals surface area contributed by atoms with Crippen LogP contribution in [0.5, 0.6) is 0 Å². The number of hydrogen-bond acceptors (Lipinski definition) is 3. The standard InChI is InChI=1S/C12H14N2O3S/c1-8-3-2-4-10-11(8)14(12(15)13-10)9-5-6-18(16,17)7-9/h2-4,9H,5-7H2,1H3,(H,13,15). The van der Waals surface area contributed by atoms with Gasteiger partial charge in [-0.25, -0.2) is 13.2 Å². The molecule has 6 heteroatoms. The lowest BCUT2D eigenvalue weighted by atomic mass is 10.2. The van der Waals surface area contributed by atoms with Crippen LogP contribution in [0.3, 0.4) is 0 Å². The van der Waals surface area contributed by atoms with Gasteiger partial charge in [-0.05, 0) is 25.0 Å². The first kappa shape index (κ1) is 11.5. The number of nitrogens with zero attached hydrogens (tertiary/aromatic N) is 1. The van der Waals surface area contributed by atoms with Gasteiger partial charge in [0, 0.05) is 0 Å². The SMILES string of the molecule is Cc1cccc2[nH]c(=O)n(C3CCS(=O)(=O)C3)c12. The van der Waals surface area contributed by atoms with Crippen molar-refractivity contribution in [2.45, 2.75) is 19.4 Å². The number of aromatic amines is 1. The van der Waals surface area contributed by atoms with E-state index < -0.39 is 9.84 Å². The fourth-order valence-electron chi connectivity index (χ4n) is 2.68. The van der Waals surface area contributed by atoms with Gasteiger partial charge in [-0.1, -0.05) is 12.1 Å². The zero-order valence-corrected chi connectivity index (χ0v) is 10.8. The van der Waals surface area contributed by atoms with E-state index in [1.54, 1.807) is 4.57 Å². The fraction of sp³-hybridized carbons (Fsp3) is 0.417. The number of hydrogen-bond donors (Lipinski definition) is 1. The minimum Gasteiger partial charge on any atom is -0.306 e. The fourth-order valence-corrected chi connectivity index (χ4v) is 4.38. The summed E-state index contributed by atoms with van der Waals surface area (Å²) in [5.74, 6) is 0.233. The zero-order chi connectivity index (χ0) is 12.9. The molecule has 1 aliphatic heterocycles. The number of sulfone groups is 1. The molecule has 1 unspecified atom stereocenters. The third kappa shape index (κ3) is 1.68. The van der Waals surface area contributed by atoms with E-state index in [1.165, 1.54) is 0 Å². The third-order valence-electron chi connectivity index (χ3n) is 3.51. The van der Waals surface area contributed by atoms with Crippen LogP contribution in [0, 0.1) is 6.92 Å². The molecule has 5 nitrogen and oxygen atoms in total. The van der Waals surface area contributed by atoms with Crippen LogP contribution in [0.25, 0.3) is 11.0 Å².